The maximum absolute atomic E-state index is 13.6. The van der Waals surface area contributed by atoms with E-state index in [4.69, 9.17) is 15.2 Å². The maximum Gasteiger partial charge on any atom is 0.306 e. The molecule has 0 aliphatic rings. The molecule has 0 heterocycles. The molecule has 0 aromatic heterocycles. The highest BCUT2D eigenvalue weighted by Gasteiger charge is 2.16. The number of hydrogen-bond donors (Lipinski definition) is 1. The van der Waals surface area contributed by atoms with E-state index in [9.17, 15) is 9.18 Å². The van der Waals surface area contributed by atoms with E-state index in [1.165, 1.54) is 13.2 Å². The van der Waals surface area contributed by atoms with Crippen LogP contribution in [-0.2, 0) is 9.53 Å². The van der Waals surface area contributed by atoms with Crippen molar-refractivity contribution in [2.24, 2.45) is 11.7 Å². The highest BCUT2D eigenvalue weighted by atomic mass is 19.1. The van der Waals surface area contributed by atoms with Crippen molar-refractivity contribution in [2.75, 3.05) is 13.7 Å². The van der Waals surface area contributed by atoms with Crippen LogP contribution < -0.4 is 10.5 Å². The molecule has 0 fully saturated rings. The number of esters is 1. The van der Waals surface area contributed by atoms with E-state index in [-0.39, 0.29) is 23.7 Å². The third-order valence-corrected chi connectivity index (χ3v) is 3.08. The average molecular weight is 283 g/mol. The van der Waals surface area contributed by atoms with Gasteiger partial charge in [0.25, 0.3) is 0 Å². The monoisotopic (exact) mass is 283 g/mol. The SMILES string of the molecule is CCOC(=O)CC(C)CC(N)c1ccc(OC)c(F)c1. The molecule has 2 atom stereocenters. The van der Waals surface area contributed by atoms with Gasteiger partial charge in [0.05, 0.1) is 13.7 Å². The van der Waals surface area contributed by atoms with Gasteiger partial charge in [0.2, 0.25) is 0 Å². The van der Waals surface area contributed by atoms with Crippen LogP contribution in [0.4, 0.5) is 4.39 Å². The van der Waals surface area contributed by atoms with Crippen LogP contribution in [0.1, 0.15) is 38.3 Å². The van der Waals surface area contributed by atoms with Gasteiger partial charge in [0.15, 0.2) is 11.6 Å². The molecule has 1 aromatic rings. The summed E-state index contributed by atoms with van der Waals surface area (Å²) < 4.78 is 23.4. The first-order valence-corrected chi connectivity index (χ1v) is 6.72. The van der Waals surface area contributed by atoms with Crippen LogP contribution in [0.15, 0.2) is 18.2 Å². The summed E-state index contributed by atoms with van der Waals surface area (Å²) in [7, 11) is 1.42. The predicted octanol–water partition coefficient (Wildman–Crippen LogP) is 2.81. The lowest BCUT2D eigenvalue weighted by Crippen LogP contribution is -2.17. The first-order chi connectivity index (χ1) is 9.47. The summed E-state index contributed by atoms with van der Waals surface area (Å²) in [5.74, 6) is -0.388. The minimum atomic E-state index is -0.432. The molecular formula is C15H22FNO3. The maximum atomic E-state index is 13.6. The minimum absolute atomic E-state index is 0.0780. The van der Waals surface area contributed by atoms with Gasteiger partial charge in [0, 0.05) is 12.5 Å². The highest BCUT2D eigenvalue weighted by Crippen LogP contribution is 2.25. The summed E-state index contributed by atoms with van der Waals surface area (Å²) in [6.07, 6.45) is 0.907. The first kappa shape index (κ1) is 16.4. The predicted molar refractivity (Wildman–Crippen MR) is 74.9 cm³/mol. The number of carbonyl (C=O) groups is 1. The third-order valence-electron chi connectivity index (χ3n) is 3.08. The second-order valence-electron chi connectivity index (χ2n) is 4.85. The van der Waals surface area contributed by atoms with E-state index >= 15 is 0 Å². The van der Waals surface area contributed by atoms with Gasteiger partial charge in [-0.3, -0.25) is 4.79 Å². The number of methoxy groups -OCH3 is 1. The number of nitrogens with two attached hydrogens (primary N) is 1. The van der Waals surface area contributed by atoms with E-state index in [0.29, 0.717) is 25.0 Å². The summed E-state index contributed by atoms with van der Waals surface area (Å²) in [5.41, 5.74) is 6.74. The Labute approximate surface area is 119 Å². The number of hydrogen-bond acceptors (Lipinski definition) is 4. The van der Waals surface area contributed by atoms with Crippen molar-refractivity contribution in [3.63, 3.8) is 0 Å². The number of benzene rings is 1. The fraction of sp³-hybridized carbons (Fsp3) is 0.533. The lowest BCUT2D eigenvalue weighted by atomic mass is 9.94. The van der Waals surface area contributed by atoms with Crippen LogP contribution in [0, 0.1) is 11.7 Å². The molecule has 1 aromatic carbocycles. The van der Waals surface area contributed by atoms with Crippen LogP contribution in [0.3, 0.4) is 0 Å². The van der Waals surface area contributed by atoms with Crippen LogP contribution in [0.25, 0.3) is 0 Å². The van der Waals surface area contributed by atoms with Crippen LogP contribution >= 0.6 is 0 Å². The molecule has 0 saturated heterocycles. The fourth-order valence-corrected chi connectivity index (χ4v) is 2.07. The standard InChI is InChI=1S/C15H22FNO3/c1-4-20-15(18)8-10(2)7-13(17)11-5-6-14(19-3)12(16)9-11/h5-6,9-10,13H,4,7-8,17H2,1-3H3. The lowest BCUT2D eigenvalue weighted by Gasteiger charge is -2.17. The Morgan fingerprint density at radius 2 is 2.15 bits per heavy atom. The van der Waals surface area contributed by atoms with E-state index in [2.05, 4.69) is 0 Å². The molecule has 0 spiro atoms. The Balaban J connectivity index is 2.59. The Kier molecular flexibility index (Phi) is 6.45. The van der Waals surface area contributed by atoms with E-state index in [1.807, 2.05) is 6.92 Å². The topological polar surface area (TPSA) is 61.5 Å². The van der Waals surface area contributed by atoms with Gasteiger partial charge in [-0.1, -0.05) is 13.0 Å². The zero-order valence-electron chi connectivity index (χ0n) is 12.2. The Bertz CT molecular complexity index is 451. The summed E-state index contributed by atoms with van der Waals surface area (Å²) >= 11 is 0. The van der Waals surface area contributed by atoms with Crippen LogP contribution in [-0.4, -0.2) is 19.7 Å². The Morgan fingerprint density at radius 1 is 1.45 bits per heavy atom. The number of ether oxygens (including phenoxy) is 2. The van der Waals surface area contributed by atoms with Gasteiger partial charge in [-0.25, -0.2) is 4.39 Å². The summed E-state index contributed by atoms with van der Waals surface area (Å²) in [6, 6.07) is 4.35. The molecule has 0 aliphatic heterocycles. The smallest absolute Gasteiger partial charge is 0.306 e. The molecular weight excluding hydrogens is 261 g/mol. The molecule has 0 radical (unpaired) electrons. The van der Waals surface area contributed by atoms with Crippen LogP contribution in [0.2, 0.25) is 0 Å². The summed E-state index contributed by atoms with van der Waals surface area (Å²) in [6.45, 7) is 4.08. The van der Waals surface area contributed by atoms with E-state index < -0.39 is 5.82 Å². The van der Waals surface area contributed by atoms with Gasteiger partial charge < -0.3 is 15.2 Å². The van der Waals surface area contributed by atoms with Crippen molar-refractivity contribution < 1.29 is 18.7 Å². The molecule has 20 heavy (non-hydrogen) atoms. The number of halogens is 1. The fourth-order valence-electron chi connectivity index (χ4n) is 2.07. The molecule has 2 unspecified atom stereocenters. The van der Waals surface area contributed by atoms with Crippen molar-refractivity contribution >= 4 is 5.97 Å². The highest BCUT2D eigenvalue weighted by molar-refractivity contribution is 5.69. The molecule has 0 bridgehead atoms. The van der Waals surface area contributed by atoms with E-state index in [0.717, 1.165) is 0 Å². The molecule has 5 heteroatoms. The summed E-state index contributed by atoms with van der Waals surface area (Å²) in [5, 5.41) is 0. The molecule has 0 amide bonds. The van der Waals surface area contributed by atoms with Gasteiger partial charge in [-0.2, -0.15) is 0 Å². The van der Waals surface area contributed by atoms with Crippen molar-refractivity contribution in [2.45, 2.75) is 32.7 Å². The average Bonchev–Trinajstić information content (AvgIpc) is 2.38. The Hall–Kier alpha value is -1.62. The van der Waals surface area contributed by atoms with Crippen molar-refractivity contribution in [3.8, 4) is 5.75 Å². The van der Waals surface area contributed by atoms with Crippen molar-refractivity contribution in [1.82, 2.24) is 0 Å². The van der Waals surface area contributed by atoms with Gasteiger partial charge >= 0.3 is 5.97 Å². The van der Waals surface area contributed by atoms with Gasteiger partial charge in [-0.05, 0) is 37.0 Å². The second-order valence-corrected chi connectivity index (χ2v) is 4.85. The zero-order chi connectivity index (χ0) is 15.1. The van der Waals surface area contributed by atoms with Gasteiger partial charge in [-0.15, -0.1) is 0 Å². The minimum Gasteiger partial charge on any atom is -0.494 e. The third kappa shape index (κ3) is 4.81. The van der Waals surface area contributed by atoms with Crippen molar-refractivity contribution in [3.05, 3.63) is 29.6 Å². The molecule has 1 rings (SSSR count). The Morgan fingerprint density at radius 3 is 2.70 bits per heavy atom. The summed E-state index contributed by atoms with van der Waals surface area (Å²) in [4.78, 5) is 11.4. The van der Waals surface area contributed by atoms with Crippen LogP contribution in [0.5, 0.6) is 5.75 Å². The normalized spacial score (nSPS) is 13.7. The molecule has 0 aliphatic carbocycles. The molecule has 112 valence electrons. The first-order valence-electron chi connectivity index (χ1n) is 6.72. The molecule has 0 saturated carbocycles. The van der Waals surface area contributed by atoms with Gasteiger partial charge in [0.1, 0.15) is 0 Å². The number of carbonyl (C=O) groups excluding carboxylic acids is 1. The molecule has 2 N–H and O–H groups in total. The number of rotatable bonds is 7. The van der Waals surface area contributed by atoms with E-state index in [1.54, 1.807) is 19.1 Å². The lowest BCUT2D eigenvalue weighted by molar-refractivity contribution is -0.144. The van der Waals surface area contributed by atoms with Crippen molar-refractivity contribution in [1.29, 1.82) is 0 Å². The second kappa shape index (κ2) is 7.85. The molecule has 4 nitrogen and oxygen atoms in total. The quantitative estimate of drug-likeness (QED) is 0.782. The largest absolute Gasteiger partial charge is 0.494 e. The zero-order valence-corrected chi connectivity index (χ0v) is 12.2.